The van der Waals surface area contributed by atoms with Crippen LogP contribution in [0.2, 0.25) is 0 Å². The van der Waals surface area contributed by atoms with Crippen molar-refractivity contribution in [2.45, 2.75) is 73.8 Å². The maximum Gasteiger partial charge on any atom is 4.00 e. The minimum absolute atomic E-state index is 0. The second-order valence-electron chi connectivity index (χ2n) is 10.8. The van der Waals surface area contributed by atoms with E-state index in [4.69, 9.17) is 143 Å². The molecule has 0 saturated heterocycles. The molecule has 16 N–H and O–H groups in total. The first-order valence-electron chi connectivity index (χ1n) is 14.9. The minimum Gasteiger partial charge on any atom is -0.481 e. The summed E-state index contributed by atoms with van der Waals surface area (Å²) in [6.07, 6.45) is -9.15. The van der Waals surface area contributed by atoms with Crippen molar-refractivity contribution >= 4 is 71.6 Å². The van der Waals surface area contributed by atoms with Crippen LogP contribution in [0.4, 0.5) is 0 Å². The van der Waals surface area contributed by atoms with Gasteiger partial charge in [0.15, 0.2) is 22.4 Å². The van der Waals surface area contributed by atoms with Crippen LogP contribution < -0.4 is 0 Å². The van der Waals surface area contributed by atoms with E-state index in [1.807, 2.05) is 0 Å². The van der Waals surface area contributed by atoms with Gasteiger partial charge in [0.2, 0.25) is 0 Å². The third-order valence-electron chi connectivity index (χ3n) is 5.14. The summed E-state index contributed by atoms with van der Waals surface area (Å²) in [5, 5.41) is 194. The zero-order valence-electron chi connectivity index (χ0n) is 32.9. The molecule has 0 rings (SSSR count). The second kappa shape index (κ2) is 39.5. The largest absolute Gasteiger partial charge is 4.00 e. The summed E-state index contributed by atoms with van der Waals surface area (Å²) in [5.74, 6) is -20.1. The molecule has 0 aromatic carbocycles. The monoisotopic (exact) mass is 1110 g/mol. The van der Waals surface area contributed by atoms with Gasteiger partial charge >= 0.3 is 97.8 Å². The Bertz CT molecular complexity index is 1470. The Morgan fingerprint density at radius 2 is 0.319 bits per heavy atom. The Balaban J connectivity index is -0.0000000893. The van der Waals surface area contributed by atoms with Crippen LogP contribution in [0, 0.1) is 61.3 Å². The van der Waals surface area contributed by atoms with Crippen LogP contribution in [0.1, 0.15) is 51.4 Å². The van der Waals surface area contributed by atoms with E-state index in [1.54, 1.807) is 0 Å². The Morgan fingerprint density at radius 1 is 0.261 bits per heavy atom. The van der Waals surface area contributed by atoms with Crippen LogP contribution in [0.15, 0.2) is 0 Å². The molecule has 0 aliphatic rings. The van der Waals surface area contributed by atoms with Gasteiger partial charge in [-0.3, -0.25) is 38.4 Å². The summed E-state index contributed by atoms with van der Waals surface area (Å²) in [6.45, 7) is 0. The maximum absolute atomic E-state index is 10.3. The van der Waals surface area contributed by atoms with Gasteiger partial charge in [0.05, 0.1) is 71.7 Å². The van der Waals surface area contributed by atoms with E-state index in [-0.39, 0.29) is 26.2 Å². The minimum atomic E-state index is -2.74. The van der Waals surface area contributed by atoms with Gasteiger partial charge in [-0.1, -0.05) is 0 Å². The predicted molar refractivity (Wildman–Crippen MR) is 190 cm³/mol. The van der Waals surface area contributed by atoms with Crippen molar-refractivity contribution in [1.29, 1.82) is 0 Å². The number of hydrogen-bond acceptors (Lipinski definition) is 28. The molecule has 45 heteroatoms. The molecular weight excluding hydrogens is 1080 g/mol. The molecule has 0 amide bonds. The fourth-order valence-corrected chi connectivity index (χ4v) is 2.86. The Kier molecular flexibility index (Phi) is 46.1. The topological polar surface area (TPSA) is 793 Å². The number of rotatable bonds is 20. The zero-order chi connectivity index (χ0) is 56.9. The van der Waals surface area contributed by atoms with Crippen LogP contribution >= 0.6 is 0 Å². The average molecular weight is 1110 g/mol. The van der Waals surface area contributed by atoms with E-state index in [2.05, 4.69) is 0 Å². The van der Waals surface area contributed by atoms with Crippen molar-refractivity contribution in [1.82, 2.24) is 0 Å². The summed E-state index contributed by atoms with van der Waals surface area (Å²) < 4.78 is 0. The summed E-state index contributed by atoms with van der Waals surface area (Å²) >= 11 is 0. The van der Waals surface area contributed by atoms with Gasteiger partial charge in [0, 0.05) is 0 Å². The number of hydrogen-bond donors (Lipinski definition) is 16. The van der Waals surface area contributed by atoms with Gasteiger partial charge in [-0.05, 0) is 0 Å². The smallest absolute Gasteiger partial charge is 0.481 e. The number of carboxylic acids is 12. The van der Waals surface area contributed by atoms with Gasteiger partial charge in [-0.15, -0.1) is 0 Å². The van der Waals surface area contributed by atoms with E-state index in [0.717, 1.165) is 0 Å². The van der Waals surface area contributed by atoms with E-state index < -0.39 is 166 Å². The fourth-order valence-electron chi connectivity index (χ4n) is 2.86. The molecule has 0 bridgehead atoms. The van der Waals surface area contributed by atoms with Crippen LogP contribution in [0.25, 0.3) is 0 Å². The summed E-state index contributed by atoms with van der Waals surface area (Å²) in [7, 11) is 0. The van der Waals surface area contributed by atoms with Crippen molar-refractivity contribution in [3.8, 4) is 0 Å². The SMILES string of the molecule is O=C(O)CC(O)(CC(=O)O)C(=O)O.O=C(O)CC(O)(CC(=O)O)C(=O)O.O=C(O)CC(O)(CC(=O)O)C(=O)O.O=C(O)CC(O)(CC(=O)O)C(=O)O.O=[N+]([O-])[O-].O=[N+]([O-])[O-].O=[N+]([O-])[O-].O=[N+]([O-])[O-].[Zr+4]. The summed E-state index contributed by atoms with van der Waals surface area (Å²) in [6, 6.07) is 0. The fraction of sp³-hybridized carbons (Fsp3) is 0.500. The number of carboxylic acid groups (broad SMARTS) is 12. The van der Waals surface area contributed by atoms with Crippen molar-refractivity contribution in [2.75, 3.05) is 0 Å². The van der Waals surface area contributed by atoms with Crippen molar-refractivity contribution in [3.63, 3.8) is 0 Å². The van der Waals surface area contributed by atoms with Crippen LogP contribution in [0.5, 0.6) is 0 Å². The van der Waals surface area contributed by atoms with Gasteiger partial charge in [-0.2, -0.15) is 0 Å². The molecule has 0 fully saturated rings. The molecule has 0 aliphatic heterocycles. The summed E-state index contributed by atoms with van der Waals surface area (Å²) in [4.78, 5) is 155. The van der Waals surface area contributed by atoms with E-state index in [0.29, 0.717) is 0 Å². The molecule has 0 saturated carbocycles. The molecular formula is C24H32N4O40Zr. The Hall–Kier alpha value is -8.84. The molecule has 69 heavy (non-hydrogen) atoms. The maximum atomic E-state index is 10.3. The molecule has 0 spiro atoms. The third-order valence-corrected chi connectivity index (χ3v) is 5.14. The number of carbonyl (C=O) groups is 12. The van der Waals surface area contributed by atoms with Crippen LogP contribution in [-0.2, 0) is 83.7 Å². The van der Waals surface area contributed by atoms with Crippen LogP contribution in [0.3, 0.4) is 0 Å². The Labute approximate surface area is 392 Å². The molecule has 0 heterocycles. The quantitative estimate of drug-likeness (QED) is 0.0399. The molecule has 0 aliphatic carbocycles. The van der Waals surface area contributed by atoms with E-state index in [9.17, 15) is 57.5 Å². The number of nitrogens with zero attached hydrogens (tertiary/aromatic N) is 4. The number of aliphatic hydroxyl groups is 4. The first-order valence-corrected chi connectivity index (χ1v) is 14.9. The van der Waals surface area contributed by atoms with Crippen molar-refractivity contribution in [3.05, 3.63) is 61.3 Å². The van der Waals surface area contributed by atoms with Crippen molar-refractivity contribution < 1.29 is 186 Å². The van der Waals surface area contributed by atoms with Gasteiger partial charge in [0.25, 0.3) is 0 Å². The zero-order valence-corrected chi connectivity index (χ0v) is 35.4. The Morgan fingerprint density at radius 3 is 0.348 bits per heavy atom. The average Bonchev–Trinajstić information content (AvgIpc) is 3.01. The molecule has 392 valence electrons. The van der Waals surface area contributed by atoms with Crippen LogP contribution in [-0.4, -0.2) is 196 Å². The molecule has 0 atom stereocenters. The normalized spacial score (nSPS) is 9.57. The molecule has 0 unspecified atom stereocenters. The standard InChI is InChI=1S/4C6H8O7.4NO3.Zr/c4*7-3(8)1-6(13,5(11)12)2-4(9)10;4*2-1(3)4;/h4*13H,1-2H2,(H,7,8)(H,9,10)(H,11,12);;;;;/q;;;;4*-1;+4. The molecule has 0 radical (unpaired) electrons. The predicted octanol–water partition coefficient (Wildman–Crippen LogP) is -5.95. The number of aliphatic carboxylic acids is 12. The molecule has 44 nitrogen and oxygen atoms in total. The first-order chi connectivity index (χ1) is 30.0. The third kappa shape index (κ3) is 63.5. The molecule has 0 aromatic rings. The first kappa shape index (κ1) is 80.4. The van der Waals surface area contributed by atoms with Crippen molar-refractivity contribution in [2.24, 2.45) is 0 Å². The summed E-state index contributed by atoms with van der Waals surface area (Å²) in [5.41, 5.74) is -11.0. The van der Waals surface area contributed by atoms with Gasteiger partial charge in [-0.25, -0.2) is 19.2 Å². The molecule has 0 aromatic heterocycles. The van der Waals surface area contributed by atoms with E-state index >= 15 is 0 Å². The van der Waals surface area contributed by atoms with Gasteiger partial charge in [0.1, 0.15) is 0 Å². The second-order valence-corrected chi connectivity index (χ2v) is 10.8. The van der Waals surface area contributed by atoms with Gasteiger partial charge < -0.3 is 143 Å². The van der Waals surface area contributed by atoms with E-state index in [1.165, 1.54) is 0 Å².